The lowest BCUT2D eigenvalue weighted by atomic mass is 9.99. The van der Waals surface area contributed by atoms with Crippen molar-refractivity contribution in [3.8, 4) is 0 Å². The van der Waals surface area contributed by atoms with Crippen molar-refractivity contribution in [2.75, 3.05) is 13.1 Å². The fraction of sp³-hybridized carbons (Fsp3) is 0.222. The summed E-state index contributed by atoms with van der Waals surface area (Å²) in [7, 11) is -3.81. The average molecular weight is 389 g/mol. The third kappa shape index (κ3) is 3.19. The lowest BCUT2D eigenvalue weighted by Crippen LogP contribution is -2.29. The van der Waals surface area contributed by atoms with Gasteiger partial charge in [-0.15, -0.1) is 0 Å². The molecule has 1 unspecified atom stereocenters. The second-order valence-electron chi connectivity index (χ2n) is 6.52. The zero-order chi connectivity index (χ0) is 19.2. The van der Waals surface area contributed by atoms with Crippen molar-refractivity contribution in [3.05, 3.63) is 74.7 Å². The van der Waals surface area contributed by atoms with E-state index in [4.69, 9.17) is 0 Å². The number of hydrogen-bond acceptors (Lipinski definition) is 4. The summed E-state index contributed by atoms with van der Waals surface area (Å²) < 4.78 is 40.7. The average Bonchev–Trinajstić information content (AvgIpc) is 3.12. The molecular formula is C18H16FN3O4S. The predicted octanol–water partition coefficient (Wildman–Crippen LogP) is 1.53. The predicted molar refractivity (Wildman–Crippen MR) is 97.7 cm³/mol. The molecule has 0 amide bonds. The van der Waals surface area contributed by atoms with Gasteiger partial charge in [0.05, 0.1) is 15.8 Å². The minimum atomic E-state index is -3.81. The van der Waals surface area contributed by atoms with E-state index in [1.165, 1.54) is 34.6 Å². The van der Waals surface area contributed by atoms with Gasteiger partial charge in [0, 0.05) is 13.1 Å². The lowest BCUT2D eigenvalue weighted by molar-refractivity contribution is 0.473. The van der Waals surface area contributed by atoms with Crippen molar-refractivity contribution >= 4 is 20.9 Å². The van der Waals surface area contributed by atoms with E-state index in [0.29, 0.717) is 13.0 Å². The van der Waals surface area contributed by atoms with Gasteiger partial charge in [0.1, 0.15) is 5.82 Å². The Hall–Kier alpha value is -2.78. The number of halogens is 1. The lowest BCUT2D eigenvalue weighted by Gasteiger charge is -2.17. The standard InChI is InChI=1S/C18H16FN3O4S/c19-13-3-1-2-11(8-13)12-6-7-22(10-12)27(25,26)14-4-5-16-15(9-14)17(23)21-18(24)20-16/h1-5,8-9,12H,6-7,10H2,(H2,20,21,23,24). The van der Waals surface area contributed by atoms with Gasteiger partial charge in [-0.2, -0.15) is 4.31 Å². The maximum atomic E-state index is 13.4. The summed E-state index contributed by atoms with van der Waals surface area (Å²) >= 11 is 0. The number of aromatic nitrogens is 2. The number of rotatable bonds is 3. The van der Waals surface area contributed by atoms with Gasteiger partial charge in [-0.1, -0.05) is 12.1 Å². The molecule has 1 saturated heterocycles. The summed E-state index contributed by atoms with van der Waals surface area (Å²) in [6.07, 6.45) is 0.587. The Bertz CT molecular complexity index is 1250. The second-order valence-corrected chi connectivity index (χ2v) is 8.46. The quantitative estimate of drug-likeness (QED) is 0.709. The first-order chi connectivity index (χ1) is 12.8. The zero-order valence-corrected chi connectivity index (χ0v) is 14.9. The van der Waals surface area contributed by atoms with Crippen LogP contribution in [-0.4, -0.2) is 35.8 Å². The highest BCUT2D eigenvalue weighted by molar-refractivity contribution is 7.89. The third-order valence-electron chi connectivity index (χ3n) is 4.82. The smallest absolute Gasteiger partial charge is 0.307 e. The van der Waals surface area contributed by atoms with Gasteiger partial charge in [0.15, 0.2) is 0 Å². The van der Waals surface area contributed by atoms with Gasteiger partial charge < -0.3 is 4.98 Å². The van der Waals surface area contributed by atoms with E-state index >= 15 is 0 Å². The largest absolute Gasteiger partial charge is 0.326 e. The highest BCUT2D eigenvalue weighted by Gasteiger charge is 2.33. The molecule has 0 aliphatic carbocycles. The molecule has 3 aromatic rings. The maximum absolute atomic E-state index is 13.4. The Morgan fingerprint density at radius 1 is 1.07 bits per heavy atom. The Kier molecular flexibility index (Phi) is 4.20. The molecule has 1 atom stereocenters. The summed E-state index contributed by atoms with van der Waals surface area (Å²) in [6.45, 7) is 0.551. The van der Waals surface area contributed by atoms with Gasteiger partial charge in [-0.3, -0.25) is 9.78 Å². The first-order valence-corrected chi connectivity index (χ1v) is 9.80. The molecule has 0 bridgehead atoms. The summed E-state index contributed by atoms with van der Waals surface area (Å²) in [6, 6.07) is 10.2. The molecule has 27 heavy (non-hydrogen) atoms. The number of nitrogens with one attached hydrogen (secondary N) is 2. The van der Waals surface area contributed by atoms with E-state index in [0.717, 1.165) is 5.56 Å². The van der Waals surface area contributed by atoms with Crippen LogP contribution in [0.15, 0.2) is 56.9 Å². The SMILES string of the molecule is O=c1[nH]c(=O)c2cc(S(=O)(=O)N3CCC(c4cccc(F)c4)C3)ccc2[nH]1. The molecule has 1 aromatic heterocycles. The monoisotopic (exact) mass is 389 g/mol. The summed E-state index contributed by atoms with van der Waals surface area (Å²) in [5, 5.41) is 0.0940. The highest BCUT2D eigenvalue weighted by atomic mass is 32.2. The molecule has 0 spiro atoms. The van der Waals surface area contributed by atoms with Crippen LogP contribution in [0.3, 0.4) is 0 Å². The fourth-order valence-corrected chi connectivity index (χ4v) is 4.96. The van der Waals surface area contributed by atoms with Crippen LogP contribution in [0.5, 0.6) is 0 Å². The third-order valence-corrected chi connectivity index (χ3v) is 6.68. The second kappa shape index (κ2) is 6.43. The zero-order valence-electron chi connectivity index (χ0n) is 14.1. The molecule has 2 heterocycles. The van der Waals surface area contributed by atoms with Crippen molar-refractivity contribution in [2.45, 2.75) is 17.2 Å². The van der Waals surface area contributed by atoms with Crippen LogP contribution < -0.4 is 11.2 Å². The van der Waals surface area contributed by atoms with Crippen LogP contribution in [0.2, 0.25) is 0 Å². The molecule has 4 rings (SSSR count). The summed E-state index contributed by atoms with van der Waals surface area (Å²) in [5.74, 6) is -0.438. The molecule has 9 heteroatoms. The van der Waals surface area contributed by atoms with Gasteiger partial charge in [0.25, 0.3) is 5.56 Å². The van der Waals surface area contributed by atoms with Gasteiger partial charge in [0.2, 0.25) is 10.0 Å². The molecule has 0 radical (unpaired) electrons. The fourth-order valence-electron chi connectivity index (χ4n) is 3.43. The van der Waals surface area contributed by atoms with E-state index < -0.39 is 21.3 Å². The van der Waals surface area contributed by atoms with E-state index in [1.54, 1.807) is 12.1 Å². The topological polar surface area (TPSA) is 103 Å². The van der Waals surface area contributed by atoms with Gasteiger partial charge >= 0.3 is 5.69 Å². The normalized spacial score (nSPS) is 18.2. The van der Waals surface area contributed by atoms with Crippen molar-refractivity contribution in [3.63, 3.8) is 0 Å². The molecule has 1 fully saturated rings. The van der Waals surface area contributed by atoms with Crippen LogP contribution in [-0.2, 0) is 10.0 Å². The number of H-pyrrole nitrogens is 2. The minimum Gasteiger partial charge on any atom is -0.307 e. The van der Waals surface area contributed by atoms with Crippen LogP contribution in [0.25, 0.3) is 10.9 Å². The van der Waals surface area contributed by atoms with Crippen molar-refractivity contribution in [2.24, 2.45) is 0 Å². The molecule has 2 aromatic carbocycles. The Morgan fingerprint density at radius 2 is 1.89 bits per heavy atom. The number of fused-ring (bicyclic) bond motifs is 1. The van der Waals surface area contributed by atoms with Gasteiger partial charge in [-0.05, 0) is 48.2 Å². The van der Waals surface area contributed by atoms with E-state index in [9.17, 15) is 22.4 Å². The maximum Gasteiger partial charge on any atom is 0.326 e. The number of aromatic amines is 2. The molecule has 2 N–H and O–H groups in total. The van der Waals surface area contributed by atoms with E-state index in [1.807, 2.05) is 0 Å². The number of nitrogens with zero attached hydrogens (tertiary/aromatic N) is 1. The van der Waals surface area contributed by atoms with Crippen LogP contribution in [0.1, 0.15) is 17.9 Å². The van der Waals surface area contributed by atoms with Crippen LogP contribution >= 0.6 is 0 Å². The summed E-state index contributed by atoms with van der Waals surface area (Å²) in [5.41, 5.74) is -0.271. The van der Waals surface area contributed by atoms with E-state index in [-0.39, 0.29) is 34.1 Å². The molecule has 140 valence electrons. The number of sulfonamides is 1. The Labute approximate surface area is 153 Å². The molecular weight excluding hydrogens is 373 g/mol. The molecule has 0 saturated carbocycles. The van der Waals surface area contributed by atoms with Gasteiger partial charge in [-0.25, -0.2) is 17.6 Å². The minimum absolute atomic E-state index is 0.0209. The molecule has 1 aliphatic rings. The Balaban J connectivity index is 1.67. The van der Waals surface area contributed by atoms with Crippen molar-refractivity contribution in [1.82, 2.24) is 14.3 Å². The van der Waals surface area contributed by atoms with Crippen molar-refractivity contribution < 1.29 is 12.8 Å². The van der Waals surface area contributed by atoms with Crippen molar-refractivity contribution in [1.29, 1.82) is 0 Å². The summed E-state index contributed by atoms with van der Waals surface area (Å²) in [4.78, 5) is 27.8. The van der Waals surface area contributed by atoms with Crippen LogP contribution in [0.4, 0.5) is 4.39 Å². The van der Waals surface area contributed by atoms with Crippen LogP contribution in [0, 0.1) is 5.82 Å². The first-order valence-electron chi connectivity index (χ1n) is 8.36. The highest BCUT2D eigenvalue weighted by Crippen LogP contribution is 2.31. The first kappa shape index (κ1) is 17.6. The number of benzene rings is 2. The molecule has 1 aliphatic heterocycles. The molecule has 7 nitrogen and oxygen atoms in total. The van der Waals surface area contributed by atoms with E-state index in [2.05, 4.69) is 9.97 Å². The Morgan fingerprint density at radius 3 is 2.67 bits per heavy atom. The number of hydrogen-bond donors (Lipinski definition) is 2.